The fourth-order valence-electron chi connectivity index (χ4n) is 3.03. The maximum Gasteiger partial charge on any atom is 0.387 e. The molecule has 2 aromatic rings. The summed E-state index contributed by atoms with van der Waals surface area (Å²) >= 11 is 1.58. The molecule has 0 spiro atoms. The van der Waals surface area contributed by atoms with E-state index < -0.39 is 6.61 Å². The summed E-state index contributed by atoms with van der Waals surface area (Å²) in [6, 6.07) is 12.8. The van der Waals surface area contributed by atoms with Gasteiger partial charge in [0.05, 0.1) is 11.9 Å². The lowest BCUT2D eigenvalue weighted by molar-refractivity contribution is -0.129. The molecular formula is C20H21F2NO3S. The van der Waals surface area contributed by atoms with E-state index in [0.717, 1.165) is 16.9 Å². The van der Waals surface area contributed by atoms with Gasteiger partial charge in [-0.1, -0.05) is 24.3 Å². The number of nitrogens with zero attached hydrogens (tertiary/aromatic N) is 1. The van der Waals surface area contributed by atoms with Crippen LogP contribution in [0.1, 0.15) is 18.1 Å². The maximum absolute atomic E-state index is 12.8. The van der Waals surface area contributed by atoms with Crippen molar-refractivity contribution in [2.45, 2.75) is 36.6 Å². The van der Waals surface area contributed by atoms with Gasteiger partial charge in [0.1, 0.15) is 0 Å². The number of amides is 1. The first-order valence-electron chi connectivity index (χ1n) is 8.68. The van der Waals surface area contributed by atoms with Gasteiger partial charge in [0.15, 0.2) is 11.5 Å². The molecule has 3 rings (SSSR count). The number of carbonyl (C=O) groups is 1. The Morgan fingerprint density at radius 1 is 1.26 bits per heavy atom. The zero-order chi connectivity index (χ0) is 19.4. The molecule has 0 bridgehead atoms. The predicted molar refractivity (Wildman–Crippen MR) is 101 cm³/mol. The first-order valence-corrected chi connectivity index (χ1v) is 9.56. The van der Waals surface area contributed by atoms with Crippen LogP contribution >= 0.6 is 11.8 Å². The third kappa shape index (κ3) is 4.71. The monoisotopic (exact) mass is 393 g/mol. The molecule has 27 heavy (non-hydrogen) atoms. The fourth-order valence-corrected chi connectivity index (χ4v) is 4.34. The van der Waals surface area contributed by atoms with Crippen LogP contribution in [-0.2, 0) is 17.8 Å². The molecule has 0 saturated heterocycles. The van der Waals surface area contributed by atoms with Crippen LogP contribution in [0.25, 0.3) is 0 Å². The molecule has 0 N–H and O–H groups in total. The Bertz CT molecular complexity index is 791. The Kier molecular flexibility index (Phi) is 6.21. The van der Waals surface area contributed by atoms with E-state index in [0.29, 0.717) is 13.2 Å². The van der Waals surface area contributed by atoms with Crippen LogP contribution in [0.5, 0.6) is 11.5 Å². The average Bonchev–Trinajstić information content (AvgIpc) is 3.07. The van der Waals surface area contributed by atoms with Crippen molar-refractivity contribution in [3.8, 4) is 11.5 Å². The highest BCUT2D eigenvalue weighted by molar-refractivity contribution is 8.01. The second kappa shape index (κ2) is 8.61. The molecule has 0 aliphatic carbocycles. The van der Waals surface area contributed by atoms with Crippen molar-refractivity contribution in [3.05, 3.63) is 53.6 Å². The second-order valence-corrected chi connectivity index (χ2v) is 7.45. The molecule has 1 atom stereocenters. The van der Waals surface area contributed by atoms with Gasteiger partial charge in [-0.05, 0) is 42.7 Å². The topological polar surface area (TPSA) is 38.8 Å². The number of rotatable bonds is 7. The van der Waals surface area contributed by atoms with Gasteiger partial charge in [0.25, 0.3) is 0 Å². The standard InChI is InChI=1S/C20H21F2NO3S/c1-3-25-16-10-13(8-9-15(16)26-20(21)22)12-23(2)19(24)18-11-14-6-4-5-7-17(14)27-18/h4-10,18,20H,3,11-12H2,1-2H3. The van der Waals surface area contributed by atoms with Crippen molar-refractivity contribution < 1.29 is 23.0 Å². The summed E-state index contributed by atoms with van der Waals surface area (Å²) in [5.41, 5.74) is 1.98. The van der Waals surface area contributed by atoms with E-state index in [4.69, 9.17) is 4.74 Å². The van der Waals surface area contributed by atoms with Crippen LogP contribution in [0.2, 0.25) is 0 Å². The van der Waals surface area contributed by atoms with E-state index in [-0.39, 0.29) is 22.7 Å². The van der Waals surface area contributed by atoms with Crippen molar-refractivity contribution in [2.24, 2.45) is 0 Å². The van der Waals surface area contributed by atoms with Gasteiger partial charge < -0.3 is 14.4 Å². The predicted octanol–water partition coefficient (Wildman–Crippen LogP) is 4.36. The Morgan fingerprint density at radius 2 is 2.04 bits per heavy atom. The van der Waals surface area contributed by atoms with Gasteiger partial charge in [0.2, 0.25) is 5.91 Å². The minimum Gasteiger partial charge on any atom is -0.490 e. The highest BCUT2D eigenvalue weighted by Crippen LogP contribution is 2.37. The molecule has 1 aliphatic rings. The number of hydrogen-bond donors (Lipinski definition) is 0. The molecule has 2 aromatic carbocycles. The molecule has 0 radical (unpaired) electrons. The normalized spacial score (nSPS) is 15.5. The lowest BCUT2D eigenvalue weighted by atomic mass is 10.1. The molecule has 1 aliphatic heterocycles. The highest BCUT2D eigenvalue weighted by atomic mass is 32.2. The zero-order valence-electron chi connectivity index (χ0n) is 15.2. The number of fused-ring (bicyclic) bond motifs is 1. The van der Waals surface area contributed by atoms with Gasteiger partial charge in [0, 0.05) is 18.5 Å². The molecule has 1 unspecified atom stereocenters. The van der Waals surface area contributed by atoms with Crippen LogP contribution in [0.3, 0.4) is 0 Å². The summed E-state index contributed by atoms with van der Waals surface area (Å²) in [5.74, 6) is 0.284. The number of hydrogen-bond acceptors (Lipinski definition) is 4. The molecule has 1 amide bonds. The maximum atomic E-state index is 12.8. The first kappa shape index (κ1) is 19.5. The summed E-state index contributed by atoms with van der Waals surface area (Å²) in [6.07, 6.45) is 0.718. The molecule has 0 aromatic heterocycles. The van der Waals surface area contributed by atoms with Crippen LogP contribution in [0.4, 0.5) is 8.78 Å². The van der Waals surface area contributed by atoms with Crippen molar-refractivity contribution >= 4 is 17.7 Å². The van der Waals surface area contributed by atoms with E-state index in [2.05, 4.69) is 4.74 Å². The van der Waals surface area contributed by atoms with E-state index >= 15 is 0 Å². The Hall–Kier alpha value is -2.28. The Balaban J connectivity index is 1.67. The van der Waals surface area contributed by atoms with Gasteiger partial charge in [-0.15, -0.1) is 11.8 Å². The molecule has 144 valence electrons. The van der Waals surface area contributed by atoms with E-state index in [1.54, 1.807) is 42.8 Å². The van der Waals surface area contributed by atoms with Gasteiger partial charge in [-0.25, -0.2) is 0 Å². The smallest absolute Gasteiger partial charge is 0.387 e. The summed E-state index contributed by atoms with van der Waals surface area (Å²) < 4.78 is 34.9. The van der Waals surface area contributed by atoms with Crippen LogP contribution in [0, 0.1) is 0 Å². The van der Waals surface area contributed by atoms with Crippen LogP contribution in [0.15, 0.2) is 47.4 Å². The lowest BCUT2D eigenvalue weighted by Gasteiger charge is -2.21. The second-order valence-electron chi connectivity index (χ2n) is 6.21. The van der Waals surface area contributed by atoms with Gasteiger partial charge in [-0.2, -0.15) is 8.78 Å². The molecular weight excluding hydrogens is 372 g/mol. The number of thioether (sulfide) groups is 1. The third-order valence-corrected chi connectivity index (χ3v) is 5.55. The summed E-state index contributed by atoms with van der Waals surface area (Å²) in [4.78, 5) is 15.6. The van der Waals surface area contributed by atoms with E-state index in [1.165, 1.54) is 11.6 Å². The van der Waals surface area contributed by atoms with Gasteiger partial charge >= 0.3 is 6.61 Å². The van der Waals surface area contributed by atoms with E-state index in [1.807, 2.05) is 24.3 Å². The zero-order valence-corrected chi connectivity index (χ0v) is 16.0. The number of ether oxygens (including phenoxy) is 2. The van der Waals surface area contributed by atoms with Crippen LogP contribution < -0.4 is 9.47 Å². The summed E-state index contributed by atoms with van der Waals surface area (Å²) in [7, 11) is 1.75. The van der Waals surface area contributed by atoms with Crippen molar-refractivity contribution in [2.75, 3.05) is 13.7 Å². The summed E-state index contributed by atoms with van der Waals surface area (Å²) in [5, 5.41) is -0.139. The molecule has 0 saturated carbocycles. The first-order chi connectivity index (χ1) is 13.0. The average molecular weight is 393 g/mol. The van der Waals surface area contributed by atoms with Crippen molar-refractivity contribution in [1.29, 1.82) is 0 Å². The third-order valence-electron chi connectivity index (χ3n) is 4.24. The number of halogens is 2. The SMILES string of the molecule is CCOc1cc(CN(C)C(=O)C2Cc3ccccc3S2)ccc1OC(F)F. The molecule has 1 heterocycles. The van der Waals surface area contributed by atoms with Crippen LogP contribution in [-0.4, -0.2) is 36.3 Å². The van der Waals surface area contributed by atoms with Crippen molar-refractivity contribution in [3.63, 3.8) is 0 Å². The minimum atomic E-state index is -2.92. The van der Waals surface area contributed by atoms with Crippen molar-refractivity contribution in [1.82, 2.24) is 4.90 Å². The molecule has 0 fully saturated rings. The number of carbonyl (C=O) groups excluding carboxylic acids is 1. The Morgan fingerprint density at radius 3 is 2.74 bits per heavy atom. The number of benzene rings is 2. The lowest BCUT2D eigenvalue weighted by Crippen LogP contribution is -2.34. The highest BCUT2D eigenvalue weighted by Gasteiger charge is 2.30. The quantitative estimate of drug-likeness (QED) is 0.701. The number of alkyl halides is 2. The summed E-state index contributed by atoms with van der Waals surface area (Å²) in [6.45, 7) is -0.458. The minimum absolute atomic E-state index is 0.00798. The molecule has 7 heteroatoms. The Labute approximate surface area is 161 Å². The molecule has 4 nitrogen and oxygen atoms in total. The van der Waals surface area contributed by atoms with E-state index in [9.17, 15) is 13.6 Å². The largest absolute Gasteiger partial charge is 0.490 e. The van der Waals surface area contributed by atoms with Gasteiger partial charge in [-0.3, -0.25) is 4.79 Å². The fraction of sp³-hybridized carbons (Fsp3) is 0.350.